The highest BCUT2D eigenvalue weighted by Crippen LogP contribution is 2.26. The van der Waals surface area contributed by atoms with Gasteiger partial charge in [0.25, 0.3) is 0 Å². The molecule has 0 radical (unpaired) electrons. The zero-order valence-corrected chi connectivity index (χ0v) is 11.1. The SMILES string of the molecule is CSC(C)n1ccc2ccc(C(C)C)nc21. The summed E-state index contributed by atoms with van der Waals surface area (Å²) in [5.41, 5.74) is 2.27. The van der Waals surface area contributed by atoms with Gasteiger partial charge in [-0.25, -0.2) is 4.98 Å². The molecule has 2 aromatic heterocycles. The molecule has 0 aliphatic heterocycles. The standard InChI is InChI=1S/C13H18N2S/c1-9(2)12-6-5-11-7-8-15(10(3)16-4)13(11)14-12/h5-10H,1-4H3. The third kappa shape index (κ3) is 1.96. The molecule has 0 aromatic carbocycles. The van der Waals surface area contributed by atoms with Gasteiger partial charge in [0, 0.05) is 17.3 Å². The topological polar surface area (TPSA) is 17.8 Å². The van der Waals surface area contributed by atoms with Gasteiger partial charge in [0.1, 0.15) is 5.65 Å². The van der Waals surface area contributed by atoms with Crippen LogP contribution in [0.2, 0.25) is 0 Å². The molecule has 0 aliphatic rings. The number of fused-ring (bicyclic) bond motifs is 1. The number of hydrogen-bond acceptors (Lipinski definition) is 2. The summed E-state index contributed by atoms with van der Waals surface area (Å²) in [5, 5.41) is 1.66. The van der Waals surface area contributed by atoms with E-state index >= 15 is 0 Å². The Kier molecular flexibility index (Phi) is 3.24. The van der Waals surface area contributed by atoms with E-state index in [0.717, 1.165) is 5.65 Å². The zero-order valence-electron chi connectivity index (χ0n) is 10.3. The lowest BCUT2D eigenvalue weighted by atomic mass is 10.1. The number of rotatable bonds is 3. The van der Waals surface area contributed by atoms with Crippen molar-refractivity contribution in [3.8, 4) is 0 Å². The molecular formula is C13H18N2S. The molecule has 0 fully saturated rings. The summed E-state index contributed by atoms with van der Waals surface area (Å²) in [4.78, 5) is 4.75. The van der Waals surface area contributed by atoms with E-state index in [2.05, 4.69) is 56.0 Å². The van der Waals surface area contributed by atoms with Crippen LogP contribution in [0.15, 0.2) is 24.4 Å². The van der Waals surface area contributed by atoms with Crippen molar-refractivity contribution in [2.24, 2.45) is 0 Å². The minimum absolute atomic E-state index is 0.437. The van der Waals surface area contributed by atoms with Crippen molar-refractivity contribution in [1.82, 2.24) is 9.55 Å². The molecule has 1 unspecified atom stereocenters. The van der Waals surface area contributed by atoms with Gasteiger partial charge in [0.05, 0.1) is 5.37 Å². The van der Waals surface area contributed by atoms with Gasteiger partial charge in [0.2, 0.25) is 0 Å². The van der Waals surface area contributed by atoms with Crippen molar-refractivity contribution < 1.29 is 0 Å². The Bertz CT molecular complexity index is 488. The molecule has 0 spiro atoms. The molecular weight excluding hydrogens is 216 g/mol. The molecule has 86 valence electrons. The highest BCUT2D eigenvalue weighted by molar-refractivity contribution is 7.98. The van der Waals surface area contributed by atoms with Crippen LogP contribution in [0, 0.1) is 0 Å². The van der Waals surface area contributed by atoms with Crippen LogP contribution in [-0.4, -0.2) is 15.8 Å². The second-order valence-electron chi connectivity index (χ2n) is 4.36. The smallest absolute Gasteiger partial charge is 0.141 e. The summed E-state index contributed by atoms with van der Waals surface area (Å²) in [7, 11) is 0. The average Bonchev–Trinajstić information content (AvgIpc) is 2.70. The van der Waals surface area contributed by atoms with E-state index in [9.17, 15) is 0 Å². The Balaban J connectivity index is 2.55. The number of nitrogens with zero attached hydrogens (tertiary/aromatic N) is 2. The van der Waals surface area contributed by atoms with E-state index in [-0.39, 0.29) is 0 Å². The predicted octanol–water partition coefficient (Wildman–Crippen LogP) is 4.04. The lowest BCUT2D eigenvalue weighted by Gasteiger charge is -2.12. The van der Waals surface area contributed by atoms with Crippen LogP contribution >= 0.6 is 11.8 Å². The van der Waals surface area contributed by atoms with E-state index in [1.807, 2.05) is 11.8 Å². The maximum absolute atomic E-state index is 4.75. The second-order valence-corrected chi connectivity index (χ2v) is 5.52. The molecule has 0 aliphatic carbocycles. The Hall–Kier alpha value is -0.960. The number of thioether (sulfide) groups is 1. The van der Waals surface area contributed by atoms with Crippen LogP contribution < -0.4 is 0 Å². The van der Waals surface area contributed by atoms with E-state index in [4.69, 9.17) is 4.98 Å². The fourth-order valence-electron chi connectivity index (χ4n) is 1.77. The first-order chi connectivity index (χ1) is 7.63. The first kappa shape index (κ1) is 11.5. The number of aromatic nitrogens is 2. The zero-order chi connectivity index (χ0) is 11.7. The van der Waals surface area contributed by atoms with Gasteiger partial charge >= 0.3 is 0 Å². The van der Waals surface area contributed by atoms with E-state index in [0.29, 0.717) is 11.3 Å². The van der Waals surface area contributed by atoms with E-state index < -0.39 is 0 Å². The molecule has 2 nitrogen and oxygen atoms in total. The van der Waals surface area contributed by atoms with Crippen LogP contribution in [-0.2, 0) is 0 Å². The van der Waals surface area contributed by atoms with Crippen LogP contribution in [0.1, 0.15) is 37.8 Å². The molecule has 3 heteroatoms. The Morgan fingerprint density at radius 1 is 1.19 bits per heavy atom. The first-order valence-corrected chi connectivity index (χ1v) is 6.92. The third-order valence-corrected chi connectivity index (χ3v) is 3.82. The van der Waals surface area contributed by atoms with Crippen LogP contribution in [0.4, 0.5) is 0 Å². The van der Waals surface area contributed by atoms with Gasteiger partial charge in [-0.2, -0.15) is 0 Å². The van der Waals surface area contributed by atoms with Crippen molar-refractivity contribution in [1.29, 1.82) is 0 Å². The first-order valence-electron chi connectivity index (χ1n) is 5.63. The van der Waals surface area contributed by atoms with Crippen LogP contribution in [0.5, 0.6) is 0 Å². The second kappa shape index (κ2) is 4.50. The molecule has 2 aromatic rings. The summed E-state index contributed by atoms with van der Waals surface area (Å²) in [6, 6.07) is 6.43. The minimum Gasteiger partial charge on any atom is -0.320 e. The largest absolute Gasteiger partial charge is 0.320 e. The summed E-state index contributed by atoms with van der Waals surface area (Å²) in [6.07, 6.45) is 4.26. The third-order valence-electron chi connectivity index (χ3n) is 2.91. The fraction of sp³-hybridized carbons (Fsp3) is 0.462. The van der Waals surface area contributed by atoms with Gasteiger partial charge in [-0.3, -0.25) is 0 Å². The summed E-state index contributed by atoms with van der Waals surface area (Å²) >= 11 is 1.83. The summed E-state index contributed by atoms with van der Waals surface area (Å²) < 4.78 is 2.24. The molecule has 0 saturated carbocycles. The van der Waals surface area contributed by atoms with Crippen molar-refractivity contribution in [2.75, 3.05) is 6.26 Å². The van der Waals surface area contributed by atoms with Gasteiger partial charge in [-0.15, -0.1) is 11.8 Å². The van der Waals surface area contributed by atoms with E-state index in [1.54, 1.807) is 0 Å². The molecule has 2 rings (SSSR count). The van der Waals surface area contributed by atoms with Crippen molar-refractivity contribution in [3.63, 3.8) is 0 Å². The maximum Gasteiger partial charge on any atom is 0.141 e. The lowest BCUT2D eigenvalue weighted by Crippen LogP contribution is -2.01. The number of pyridine rings is 1. The fourth-order valence-corrected chi connectivity index (χ4v) is 2.17. The molecule has 1 atom stereocenters. The highest BCUT2D eigenvalue weighted by atomic mass is 32.2. The van der Waals surface area contributed by atoms with Crippen molar-refractivity contribution in [3.05, 3.63) is 30.1 Å². The van der Waals surface area contributed by atoms with Crippen LogP contribution in [0.3, 0.4) is 0 Å². The van der Waals surface area contributed by atoms with Gasteiger partial charge in [-0.05, 0) is 37.3 Å². The van der Waals surface area contributed by atoms with Crippen LogP contribution in [0.25, 0.3) is 11.0 Å². The molecule has 0 N–H and O–H groups in total. The molecule has 0 saturated heterocycles. The van der Waals surface area contributed by atoms with Crippen molar-refractivity contribution >= 4 is 22.8 Å². The quantitative estimate of drug-likeness (QED) is 0.797. The maximum atomic E-state index is 4.75. The molecule has 0 amide bonds. The Morgan fingerprint density at radius 2 is 1.94 bits per heavy atom. The van der Waals surface area contributed by atoms with Gasteiger partial charge in [-0.1, -0.05) is 13.8 Å². The normalized spacial score (nSPS) is 13.6. The summed E-state index contributed by atoms with van der Waals surface area (Å²) in [5.74, 6) is 0.484. The Morgan fingerprint density at radius 3 is 2.56 bits per heavy atom. The minimum atomic E-state index is 0.437. The Labute approximate surface area is 101 Å². The molecule has 0 bridgehead atoms. The highest BCUT2D eigenvalue weighted by Gasteiger charge is 2.09. The monoisotopic (exact) mass is 234 g/mol. The molecule has 2 heterocycles. The number of hydrogen-bond donors (Lipinski definition) is 0. The lowest BCUT2D eigenvalue weighted by molar-refractivity contribution is 0.754. The predicted molar refractivity (Wildman–Crippen MR) is 72.0 cm³/mol. The van der Waals surface area contributed by atoms with Gasteiger partial charge in [0.15, 0.2) is 0 Å². The van der Waals surface area contributed by atoms with Gasteiger partial charge < -0.3 is 4.57 Å². The molecule has 16 heavy (non-hydrogen) atoms. The van der Waals surface area contributed by atoms with Crippen molar-refractivity contribution in [2.45, 2.75) is 32.1 Å². The average molecular weight is 234 g/mol. The van der Waals surface area contributed by atoms with E-state index in [1.165, 1.54) is 11.1 Å². The summed E-state index contributed by atoms with van der Waals surface area (Å²) in [6.45, 7) is 6.56.